The summed E-state index contributed by atoms with van der Waals surface area (Å²) < 4.78 is 0. The first-order valence-corrected chi connectivity index (χ1v) is 16.9. The first-order valence-electron chi connectivity index (χ1n) is 16.9. The van der Waals surface area contributed by atoms with Crippen molar-refractivity contribution in [1.82, 2.24) is 9.97 Å². The summed E-state index contributed by atoms with van der Waals surface area (Å²) in [6.45, 7) is 9.42. The van der Waals surface area contributed by atoms with Gasteiger partial charge in [0.25, 0.3) is 0 Å². The van der Waals surface area contributed by atoms with Crippen molar-refractivity contribution in [3.05, 3.63) is 156 Å². The van der Waals surface area contributed by atoms with E-state index in [-0.39, 0.29) is 10.8 Å². The van der Waals surface area contributed by atoms with E-state index in [1.165, 1.54) is 66.1 Å². The molecule has 1 aromatic heterocycles. The molecular formula is C46H34N2. The SMILES string of the molecule is CC1(C)c2cc(-c3nc4ccccc4nc3-c3ccc4c(c3)C(C)(C)c3cc5ccccc5cc3-4)ccc2-c2cc3ccccc3cc21. The molecule has 2 aliphatic carbocycles. The molecule has 0 unspecified atom stereocenters. The average molecular weight is 615 g/mol. The Morgan fingerprint density at radius 2 is 0.708 bits per heavy atom. The van der Waals surface area contributed by atoms with Gasteiger partial charge in [0.05, 0.1) is 22.4 Å². The van der Waals surface area contributed by atoms with Gasteiger partial charge in [-0.3, -0.25) is 0 Å². The maximum atomic E-state index is 5.33. The van der Waals surface area contributed by atoms with Crippen LogP contribution in [-0.4, -0.2) is 9.97 Å². The number of hydrogen-bond acceptors (Lipinski definition) is 2. The Bertz CT molecular complexity index is 2490. The molecule has 2 nitrogen and oxygen atoms in total. The summed E-state index contributed by atoms with van der Waals surface area (Å²) in [6, 6.07) is 49.0. The van der Waals surface area contributed by atoms with Gasteiger partial charge in [0, 0.05) is 22.0 Å². The zero-order chi connectivity index (χ0) is 32.4. The normalized spacial score (nSPS) is 15.0. The maximum Gasteiger partial charge on any atom is 0.0973 e. The molecule has 48 heavy (non-hydrogen) atoms. The van der Waals surface area contributed by atoms with Crippen LogP contribution in [0.1, 0.15) is 49.9 Å². The highest BCUT2D eigenvalue weighted by Crippen LogP contribution is 2.53. The van der Waals surface area contributed by atoms with Gasteiger partial charge < -0.3 is 0 Å². The Kier molecular flexibility index (Phi) is 5.44. The lowest BCUT2D eigenvalue weighted by atomic mass is 9.80. The molecule has 1 heterocycles. The van der Waals surface area contributed by atoms with Gasteiger partial charge in [-0.25, -0.2) is 9.97 Å². The van der Waals surface area contributed by atoms with Crippen molar-refractivity contribution in [2.45, 2.75) is 38.5 Å². The number of benzene rings is 7. The second-order valence-corrected chi connectivity index (χ2v) is 14.7. The van der Waals surface area contributed by atoms with Gasteiger partial charge in [0.1, 0.15) is 0 Å². The topological polar surface area (TPSA) is 25.8 Å². The van der Waals surface area contributed by atoms with Gasteiger partial charge in [0.15, 0.2) is 0 Å². The van der Waals surface area contributed by atoms with E-state index in [2.05, 4.69) is 149 Å². The quantitative estimate of drug-likeness (QED) is 0.194. The lowest BCUT2D eigenvalue weighted by molar-refractivity contribution is 0.661. The fourth-order valence-electron chi connectivity index (χ4n) is 8.54. The van der Waals surface area contributed by atoms with Gasteiger partial charge in [-0.05, 0) is 115 Å². The van der Waals surface area contributed by atoms with Crippen molar-refractivity contribution in [1.29, 1.82) is 0 Å². The monoisotopic (exact) mass is 614 g/mol. The summed E-state index contributed by atoms with van der Waals surface area (Å²) in [5, 5.41) is 5.13. The van der Waals surface area contributed by atoms with Crippen LogP contribution in [0.25, 0.3) is 77.3 Å². The van der Waals surface area contributed by atoms with Crippen LogP contribution < -0.4 is 0 Å². The van der Waals surface area contributed by atoms with Crippen LogP contribution in [0.4, 0.5) is 0 Å². The van der Waals surface area contributed by atoms with Crippen LogP contribution in [0.15, 0.2) is 133 Å². The fraction of sp³-hybridized carbons (Fsp3) is 0.130. The second-order valence-electron chi connectivity index (χ2n) is 14.7. The first kappa shape index (κ1) is 27.5. The molecule has 0 aliphatic heterocycles. The highest BCUT2D eigenvalue weighted by molar-refractivity contribution is 5.97. The average Bonchev–Trinajstić information content (AvgIpc) is 3.47. The van der Waals surface area contributed by atoms with Crippen molar-refractivity contribution in [3.8, 4) is 44.8 Å². The van der Waals surface area contributed by atoms with Gasteiger partial charge in [-0.15, -0.1) is 0 Å². The molecule has 0 radical (unpaired) electrons. The summed E-state index contributed by atoms with van der Waals surface area (Å²) in [5.41, 5.74) is 16.3. The van der Waals surface area contributed by atoms with Crippen LogP contribution in [0.3, 0.4) is 0 Å². The third-order valence-electron chi connectivity index (χ3n) is 11.2. The van der Waals surface area contributed by atoms with E-state index in [4.69, 9.17) is 9.97 Å². The Morgan fingerprint density at radius 1 is 0.354 bits per heavy atom. The van der Waals surface area contributed by atoms with Crippen LogP contribution >= 0.6 is 0 Å². The number of rotatable bonds is 2. The summed E-state index contributed by atoms with van der Waals surface area (Å²) in [4.78, 5) is 10.7. The van der Waals surface area contributed by atoms with E-state index in [1.54, 1.807) is 0 Å². The molecule has 2 aliphatic rings. The predicted octanol–water partition coefficient (Wildman–Crippen LogP) is 11.9. The van der Waals surface area contributed by atoms with E-state index in [1.807, 2.05) is 12.1 Å². The minimum absolute atomic E-state index is 0.137. The number of fused-ring (bicyclic) bond motifs is 9. The zero-order valence-corrected chi connectivity index (χ0v) is 27.6. The van der Waals surface area contributed by atoms with E-state index in [0.29, 0.717) is 0 Å². The van der Waals surface area contributed by atoms with Crippen molar-refractivity contribution in [2.24, 2.45) is 0 Å². The third kappa shape index (κ3) is 3.75. The largest absolute Gasteiger partial charge is 0.244 e. The Labute approximate surface area is 280 Å². The zero-order valence-electron chi connectivity index (χ0n) is 27.6. The fourth-order valence-corrected chi connectivity index (χ4v) is 8.54. The summed E-state index contributed by atoms with van der Waals surface area (Å²) in [7, 11) is 0. The van der Waals surface area contributed by atoms with Crippen LogP contribution in [0, 0.1) is 0 Å². The molecule has 10 rings (SSSR count). The van der Waals surface area contributed by atoms with Gasteiger partial charge in [0.2, 0.25) is 0 Å². The van der Waals surface area contributed by atoms with Crippen LogP contribution in [0.5, 0.6) is 0 Å². The molecule has 0 fully saturated rings. The standard InChI is InChI=1S/C46H34N2/c1-45(2)37-25-31(17-19-33(37)35-21-27-11-5-7-13-29(27)23-39(35)45)43-44(48-42-16-10-9-15-41(42)47-43)32-18-20-34-36-22-28-12-6-8-14-30(28)24-40(36)46(3,4)38(34)26-32/h5-26H,1-4H3. The number of nitrogens with zero attached hydrogens (tertiary/aromatic N) is 2. The predicted molar refractivity (Wildman–Crippen MR) is 201 cm³/mol. The number of para-hydroxylation sites is 2. The Balaban J connectivity index is 1.16. The van der Waals surface area contributed by atoms with Crippen LogP contribution in [-0.2, 0) is 10.8 Å². The van der Waals surface area contributed by atoms with E-state index in [0.717, 1.165) is 33.5 Å². The van der Waals surface area contributed by atoms with Crippen LogP contribution in [0.2, 0.25) is 0 Å². The Hall–Kier alpha value is -5.60. The molecule has 8 aromatic rings. The lowest BCUT2D eigenvalue weighted by Gasteiger charge is -2.23. The third-order valence-corrected chi connectivity index (χ3v) is 11.2. The lowest BCUT2D eigenvalue weighted by Crippen LogP contribution is -2.15. The Morgan fingerprint density at radius 3 is 1.12 bits per heavy atom. The molecule has 228 valence electrons. The van der Waals surface area contributed by atoms with E-state index < -0.39 is 0 Å². The molecule has 0 N–H and O–H groups in total. The van der Waals surface area contributed by atoms with E-state index in [9.17, 15) is 0 Å². The summed E-state index contributed by atoms with van der Waals surface area (Å²) in [6.07, 6.45) is 0. The maximum absolute atomic E-state index is 5.33. The van der Waals surface area contributed by atoms with Crippen molar-refractivity contribution in [2.75, 3.05) is 0 Å². The van der Waals surface area contributed by atoms with Gasteiger partial charge in [-0.1, -0.05) is 113 Å². The summed E-state index contributed by atoms with van der Waals surface area (Å²) >= 11 is 0. The molecule has 0 amide bonds. The highest BCUT2D eigenvalue weighted by atomic mass is 14.8. The second kappa shape index (κ2) is 9.49. The molecule has 2 heteroatoms. The van der Waals surface area contributed by atoms with Gasteiger partial charge in [-0.2, -0.15) is 0 Å². The van der Waals surface area contributed by atoms with Gasteiger partial charge >= 0.3 is 0 Å². The van der Waals surface area contributed by atoms with Crippen molar-refractivity contribution >= 4 is 32.6 Å². The summed E-state index contributed by atoms with van der Waals surface area (Å²) in [5.74, 6) is 0. The molecule has 0 saturated carbocycles. The molecule has 0 bridgehead atoms. The molecule has 0 saturated heterocycles. The van der Waals surface area contributed by atoms with Crippen molar-refractivity contribution < 1.29 is 0 Å². The van der Waals surface area contributed by atoms with Crippen molar-refractivity contribution in [3.63, 3.8) is 0 Å². The first-order chi connectivity index (χ1) is 23.3. The molecular weight excluding hydrogens is 581 g/mol. The number of hydrogen-bond donors (Lipinski definition) is 0. The highest BCUT2D eigenvalue weighted by Gasteiger charge is 2.38. The molecule has 0 spiro atoms. The number of aromatic nitrogens is 2. The minimum atomic E-state index is -0.137. The van der Waals surface area contributed by atoms with E-state index >= 15 is 0 Å². The minimum Gasteiger partial charge on any atom is -0.244 e. The molecule has 7 aromatic carbocycles. The molecule has 0 atom stereocenters. The smallest absolute Gasteiger partial charge is 0.0973 e.